The Hall–Kier alpha value is -2.61. The summed E-state index contributed by atoms with van der Waals surface area (Å²) in [5, 5.41) is 14.2. The zero-order valence-corrected chi connectivity index (χ0v) is 17.6. The maximum absolute atomic E-state index is 11.9. The number of anilines is 2. The van der Waals surface area contributed by atoms with Crippen molar-refractivity contribution in [2.45, 2.75) is 49.6 Å². The van der Waals surface area contributed by atoms with Gasteiger partial charge in [-0.05, 0) is 42.7 Å². The molecule has 1 saturated carbocycles. The van der Waals surface area contributed by atoms with Crippen LogP contribution in [0.15, 0.2) is 47.4 Å². The van der Waals surface area contributed by atoms with Crippen molar-refractivity contribution in [1.29, 1.82) is 0 Å². The van der Waals surface area contributed by atoms with Crippen LogP contribution in [-0.4, -0.2) is 32.7 Å². The molecular weight excluding hydrogens is 390 g/mol. The first kappa shape index (κ1) is 21.1. The predicted molar refractivity (Wildman–Crippen MR) is 115 cm³/mol. The van der Waals surface area contributed by atoms with Gasteiger partial charge in [0.25, 0.3) is 5.69 Å². The molecule has 0 spiro atoms. The van der Waals surface area contributed by atoms with Crippen molar-refractivity contribution in [3.8, 4) is 0 Å². The molecule has 2 aromatic rings. The quantitative estimate of drug-likeness (QED) is 0.531. The van der Waals surface area contributed by atoms with Gasteiger partial charge >= 0.3 is 0 Å². The number of hydrogen-bond acceptors (Lipinski definition) is 6. The van der Waals surface area contributed by atoms with Crippen LogP contribution >= 0.6 is 0 Å². The number of rotatable bonds is 7. The number of hydrogen-bond donors (Lipinski definition) is 1. The Morgan fingerprint density at radius 1 is 1.10 bits per heavy atom. The monoisotopic (exact) mass is 417 g/mol. The van der Waals surface area contributed by atoms with Crippen LogP contribution in [0, 0.1) is 10.1 Å². The van der Waals surface area contributed by atoms with Gasteiger partial charge in [0.2, 0.25) is 0 Å². The van der Waals surface area contributed by atoms with Gasteiger partial charge in [0.05, 0.1) is 4.92 Å². The van der Waals surface area contributed by atoms with Gasteiger partial charge in [0, 0.05) is 43.3 Å². The largest absolute Gasteiger partial charge is 0.381 e. The summed E-state index contributed by atoms with van der Waals surface area (Å²) in [5.41, 5.74) is 2.35. The minimum Gasteiger partial charge on any atom is -0.381 e. The van der Waals surface area contributed by atoms with Crippen molar-refractivity contribution in [1.82, 2.24) is 0 Å². The van der Waals surface area contributed by atoms with Crippen LogP contribution in [0.4, 0.5) is 17.1 Å². The van der Waals surface area contributed by atoms with Gasteiger partial charge in [0.15, 0.2) is 9.84 Å². The van der Waals surface area contributed by atoms with E-state index in [4.69, 9.17) is 0 Å². The van der Waals surface area contributed by atoms with E-state index in [-0.39, 0.29) is 4.90 Å². The second-order valence-corrected chi connectivity index (χ2v) is 9.62. The van der Waals surface area contributed by atoms with E-state index in [2.05, 4.69) is 29.4 Å². The van der Waals surface area contributed by atoms with Crippen LogP contribution in [0.25, 0.3) is 0 Å². The molecule has 3 rings (SSSR count). The molecule has 0 bridgehead atoms. The molecule has 0 heterocycles. The Bertz CT molecular complexity index is 968. The van der Waals surface area contributed by atoms with Crippen LogP contribution in [0.2, 0.25) is 0 Å². The number of nitro benzene ring substituents is 1. The van der Waals surface area contributed by atoms with Gasteiger partial charge in [-0.25, -0.2) is 8.42 Å². The molecule has 2 aromatic carbocycles. The van der Waals surface area contributed by atoms with E-state index in [1.54, 1.807) is 0 Å². The summed E-state index contributed by atoms with van der Waals surface area (Å²) in [6.07, 6.45) is 7.37. The SMILES string of the molecule is CN(c1ccc(CNc2ccc([N+](=O)[O-])c(S(C)(=O)=O)c2)cc1)C1CCCCC1. The molecule has 0 atom stereocenters. The standard InChI is InChI=1S/C21H27N3O4S/c1-23(18-6-4-3-5-7-18)19-11-8-16(9-12-19)15-22-17-10-13-20(24(25)26)21(14-17)29(2,27)28/h8-14,18,22H,3-7,15H2,1-2H3. The van der Waals surface area contributed by atoms with Crippen LogP contribution in [0.3, 0.4) is 0 Å². The molecule has 0 unspecified atom stereocenters. The number of nitrogens with zero attached hydrogens (tertiary/aromatic N) is 2. The van der Waals surface area contributed by atoms with E-state index < -0.39 is 20.4 Å². The Kier molecular flexibility index (Phi) is 6.42. The highest BCUT2D eigenvalue weighted by Crippen LogP contribution is 2.28. The molecule has 0 aromatic heterocycles. The lowest BCUT2D eigenvalue weighted by atomic mass is 9.94. The van der Waals surface area contributed by atoms with E-state index in [1.807, 2.05) is 12.1 Å². The lowest BCUT2D eigenvalue weighted by molar-refractivity contribution is -0.387. The molecule has 0 radical (unpaired) electrons. The fourth-order valence-electron chi connectivity index (χ4n) is 3.80. The minimum atomic E-state index is -3.70. The fourth-order valence-corrected chi connectivity index (χ4v) is 4.67. The Morgan fingerprint density at radius 3 is 2.34 bits per heavy atom. The minimum absolute atomic E-state index is 0.281. The molecule has 1 aliphatic carbocycles. The van der Waals surface area contributed by atoms with Crippen molar-refractivity contribution in [2.75, 3.05) is 23.5 Å². The highest BCUT2D eigenvalue weighted by atomic mass is 32.2. The predicted octanol–water partition coefficient (Wildman–Crippen LogP) is 4.38. The third-order valence-electron chi connectivity index (χ3n) is 5.52. The summed E-state index contributed by atoms with van der Waals surface area (Å²) >= 11 is 0. The average molecular weight is 418 g/mol. The maximum atomic E-state index is 11.9. The molecule has 1 N–H and O–H groups in total. The second-order valence-electron chi connectivity index (χ2n) is 7.63. The van der Waals surface area contributed by atoms with Gasteiger partial charge in [0.1, 0.15) is 4.90 Å². The van der Waals surface area contributed by atoms with Crippen LogP contribution in [0.1, 0.15) is 37.7 Å². The molecule has 0 saturated heterocycles. The van der Waals surface area contributed by atoms with Gasteiger partial charge in [-0.1, -0.05) is 31.4 Å². The third kappa shape index (κ3) is 5.26. The Morgan fingerprint density at radius 2 is 1.76 bits per heavy atom. The first-order valence-corrected chi connectivity index (χ1v) is 11.7. The summed E-state index contributed by atoms with van der Waals surface area (Å²) in [4.78, 5) is 12.5. The number of benzene rings is 2. The second kappa shape index (κ2) is 8.82. The smallest absolute Gasteiger partial charge is 0.288 e. The van der Waals surface area contributed by atoms with E-state index in [9.17, 15) is 18.5 Å². The van der Waals surface area contributed by atoms with Gasteiger partial charge in [-0.15, -0.1) is 0 Å². The highest BCUT2D eigenvalue weighted by molar-refractivity contribution is 7.90. The average Bonchev–Trinajstić information content (AvgIpc) is 2.72. The van der Waals surface area contributed by atoms with E-state index in [1.165, 1.54) is 56.0 Å². The highest BCUT2D eigenvalue weighted by Gasteiger charge is 2.22. The van der Waals surface area contributed by atoms with Crippen molar-refractivity contribution >= 4 is 26.9 Å². The zero-order chi connectivity index (χ0) is 21.0. The summed E-state index contributed by atoms with van der Waals surface area (Å²) in [7, 11) is -1.55. The van der Waals surface area contributed by atoms with Crippen LogP contribution < -0.4 is 10.2 Å². The fraction of sp³-hybridized carbons (Fsp3) is 0.429. The third-order valence-corrected chi connectivity index (χ3v) is 6.64. The van der Waals surface area contributed by atoms with E-state index in [0.717, 1.165) is 11.8 Å². The Balaban J connectivity index is 1.68. The lowest BCUT2D eigenvalue weighted by Gasteiger charge is -2.33. The van der Waals surface area contributed by atoms with E-state index in [0.29, 0.717) is 18.3 Å². The summed E-state index contributed by atoms with van der Waals surface area (Å²) in [5.74, 6) is 0. The van der Waals surface area contributed by atoms with E-state index >= 15 is 0 Å². The molecule has 156 valence electrons. The molecule has 29 heavy (non-hydrogen) atoms. The number of sulfone groups is 1. The molecular formula is C21H27N3O4S. The maximum Gasteiger partial charge on any atom is 0.288 e. The van der Waals surface area contributed by atoms with Crippen molar-refractivity contribution in [3.05, 3.63) is 58.1 Å². The first-order valence-electron chi connectivity index (χ1n) is 9.80. The number of nitro groups is 1. The molecule has 0 amide bonds. The molecule has 8 heteroatoms. The first-order chi connectivity index (χ1) is 13.8. The number of nitrogens with one attached hydrogen (secondary N) is 1. The summed E-state index contributed by atoms with van der Waals surface area (Å²) in [6, 6.07) is 13.0. The zero-order valence-electron chi connectivity index (χ0n) is 16.8. The topological polar surface area (TPSA) is 92.5 Å². The van der Waals surface area contributed by atoms with Crippen LogP contribution in [-0.2, 0) is 16.4 Å². The van der Waals surface area contributed by atoms with Gasteiger partial charge in [-0.2, -0.15) is 0 Å². The molecule has 1 aliphatic rings. The van der Waals surface area contributed by atoms with Gasteiger partial charge < -0.3 is 10.2 Å². The van der Waals surface area contributed by atoms with Crippen molar-refractivity contribution in [3.63, 3.8) is 0 Å². The van der Waals surface area contributed by atoms with Crippen molar-refractivity contribution < 1.29 is 13.3 Å². The Labute approximate surface area is 171 Å². The lowest BCUT2D eigenvalue weighted by Crippen LogP contribution is -2.33. The van der Waals surface area contributed by atoms with Gasteiger partial charge in [-0.3, -0.25) is 10.1 Å². The van der Waals surface area contributed by atoms with Crippen molar-refractivity contribution in [2.24, 2.45) is 0 Å². The molecule has 1 fully saturated rings. The molecule has 0 aliphatic heterocycles. The summed E-state index contributed by atoms with van der Waals surface area (Å²) < 4.78 is 23.8. The molecule has 7 nitrogen and oxygen atoms in total. The summed E-state index contributed by atoms with van der Waals surface area (Å²) in [6.45, 7) is 0.494. The van der Waals surface area contributed by atoms with Crippen LogP contribution in [0.5, 0.6) is 0 Å². The normalized spacial score (nSPS) is 15.1.